The van der Waals surface area contributed by atoms with Crippen molar-refractivity contribution in [3.63, 3.8) is 0 Å². The number of piperidine rings is 1. The molecule has 0 aromatic heterocycles. The minimum atomic E-state index is -0.241. The molecule has 8 heteroatoms. The van der Waals surface area contributed by atoms with Gasteiger partial charge in [0.05, 0.1) is 7.11 Å². The second kappa shape index (κ2) is 13.6. The lowest BCUT2D eigenvalue weighted by Gasteiger charge is -2.35. The van der Waals surface area contributed by atoms with Crippen LogP contribution in [0, 0.1) is 11.3 Å². The normalized spacial score (nSPS) is 13.6. The summed E-state index contributed by atoms with van der Waals surface area (Å²) in [4.78, 5) is 29.1. The number of hydrogen-bond acceptors (Lipinski definition) is 5. The third-order valence-electron chi connectivity index (χ3n) is 6.25. The SMILES string of the molecule is COC(=O)CCCN(CCc1ccccc1)C(=O)C1CCN(c2ccc(C(=N)N)cc2)CC1.Cl. The van der Waals surface area contributed by atoms with Crippen LogP contribution in [0.1, 0.15) is 36.8 Å². The maximum Gasteiger partial charge on any atom is 0.305 e. The largest absolute Gasteiger partial charge is 0.469 e. The number of amides is 1. The molecule has 2 aromatic carbocycles. The van der Waals surface area contributed by atoms with E-state index in [1.165, 1.54) is 12.7 Å². The molecule has 0 unspecified atom stereocenters. The minimum Gasteiger partial charge on any atom is -0.469 e. The van der Waals surface area contributed by atoms with Crippen LogP contribution in [0.15, 0.2) is 54.6 Å². The number of esters is 1. The van der Waals surface area contributed by atoms with E-state index in [1.54, 1.807) is 0 Å². The van der Waals surface area contributed by atoms with Crippen molar-refractivity contribution in [2.45, 2.75) is 32.1 Å². The van der Waals surface area contributed by atoms with E-state index in [0.717, 1.165) is 38.0 Å². The van der Waals surface area contributed by atoms with Gasteiger partial charge >= 0.3 is 5.97 Å². The van der Waals surface area contributed by atoms with Gasteiger partial charge in [-0.15, -0.1) is 12.4 Å². The molecule has 3 rings (SSSR count). The number of nitrogens with two attached hydrogens (primary N) is 1. The first-order valence-corrected chi connectivity index (χ1v) is 11.6. The molecule has 0 aliphatic carbocycles. The third-order valence-corrected chi connectivity index (χ3v) is 6.25. The van der Waals surface area contributed by atoms with E-state index in [1.807, 2.05) is 47.4 Å². The van der Waals surface area contributed by atoms with Gasteiger partial charge < -0.3 is 20.3 Å². The molecule has 1 heterocycles. The predicted molar refractivity (Wildman–Crippen MR) is 138 cm³/mol. The molecular formula is C26H35ClN4O3. The average molecular weight is 487 g/mol. The molecule has 1 fully saturated rings. The summed E-state index contributed by atoms with van der Waals surface area (Å²) in [6.07, 6.45) is 3.32. The van der Waals surface area contributed by atoms with E-state index in [0.29, 0.717) is 31.5 Å². The summed E-state index contributed by atoms with van der Waals surface area (Å²) in [6, 6.07) is 17.9. The van der Waals surface area contributed by atoms with E-state index >= 15 is 0 Å². The molecule has 1 aliphatic rings. The zero-order valence-electron chi connectivity index (χ0n) is 19.7. The maximum atomic E-state index is 13.4. The summed E-state index contributed by atoms with van der Waals surface area (Å²) in [5.41, 5.74) is 8.55. The summed E-state index contributed by atoms with van der Waals surface area (Å²) in [6.45, 7) is 2.83. The van der Waals surface area contributed by atoms with Crippen molar-refractivity contribution in [2.75, 3.05) is 38.2 Å². The van der Waals surface area contributed by atoms with Crippen LogP contribution in [0.25, 0.3) is 0 Å². The van der Waals surface area contributed by atoms with Crippen molar-refractivity contribution >= 4 is 35.8 Å². The monoisotopic (exact) mass is 486 g/mol. The summed E-state index contributed by atoms with van der Waals surface area (Å²) in [5, 5.41) is 7.53. The Hall–Kier alpha value is -3.06. The molecule has 0 radical (unpaired) electrons. The van der Waals surface area contributed by atoms with Crippen molar-refractivity contribution < 1.29 is 14.3 Å². The van der Waals surface area contributed by atoms with Gasteiger partial charge in [0.1, 0.15) is 5.84 Å². The van der Waals surface area contributed by atoms with Crippen LogP contribution in [0.3, 0.4) is 0 Å². The Morgan fingerprint density at radius 2 is 1.71 bits per heavy atom. The van der Waals surface area contributed by atoms with Crippen LogP contribution < -0.4 is 10.6 Å². The lowest BCUT2D eigenvalue weighted by atomic mass is 9.94. The molecule has 7 nitrogen and oxygen atoms in total. The number of halogens is 1. The van der Waals surface area contributed by atoms with Crippen LogP contribution in [0.2, 0.25) is 0 Å². The zero-order valence-corrected chi connectivity index (χ0v) is 20.6. The summed E-state index contributed by atoms with van der Waals surface area (Å²) < 4.78 is 4.75. The van der Waals surface area contributed by atoms with E-state index in [2.05, 4.69) is 17.0 Å². The lowest BCUT2D eigenvalue weighted by molar-refractivity contribution is -0.142. The van der Waals surface area contributed by atoms with Gasteiger partial charge in [-0.1, -0.05) is 30.3 Å². The fourth-order valence-electron chi connectivity index (χ4n) is 4.25. The van der Waals surface area contributed by atoms with Gasteiger partial charge in [0.15, 0.2) is 0 Å². The molecule has 1 aliphatic heterocycles. The van der Waals surface area contributed by atoms with E-state index in [-0.39, 0.29) is 36.0 Å². The topological polar surface area (TPSA) is 99.7 Å². The van der Waals surface area contributed by atoms with Crippen LogP contribution in [0.4, 0.5) is 5.69 Å². The second-order valence-electron chi connectivity index (χ2n) is 8.46. The number of anilines is 1. The molecule has 184 valence electrons. The van der Waals surface area contributed by atoms with Crippen molar-refractivity contribution in [2.24, 2.45) is 11.7 Å². The van der Waals surface area contributed by atoms with Gasteiger partial charge in [-0.05, 0) is 55.5 Å². The highest BCUT2D eigenvalue weighted by Crippen LogP contribution is 2.25. The first kappa shape index (κ1) is 27.2. The Balaban J connectivity index is 0.00000408. The van der Waals surface area contributed by atoms with Crippen LogP contribution in [-0.2, 0) is 20.7 Å². The molecular weight excluding hydrogens is 452 g/mol. The number of benzene rings is 2. The molecule has 3 N–H and O–H groups in total. The number of nitrogens with zero attached hydrogens (tertiary/aromatic N) is 2. The highest BCUT2D eigenvalue weighted by Gasteiger charge is 2.28. The highest BCUT2D eigenvalue weighted by atomic mass is 35.5. The third kappa shape index (κ3) is 7.76. The lowest BCUT2D eigenvalue weighted by Crippen LogP contribution is -2.43. The molecule has 0 atom stereocenters. The summed E-state index contributed by atoms with van der Waals surface area (Å²) >= 11 is 0. The minimum absolute atomic E-state index is 0. The Kier molecular flexibility index (Phi) is 10.9. The number of amidine groups is 1. The van der Waals surface area contributed by atoms with E-state index in [4.69, 9.17) is 15.9 Å². The predicted octanol–water partition coefficient (Wildman–Crippen LogP) is 3.63. The Morgan fingerprint density at radius 1 is 1.06 bits per heavy atom. The van der Waals surface area contributed by atoms with Crippen LogP contribution in [-0.4, -0.2) is 55.9 Å². The Morgan fingerprint density at radius 3 is 2.29 bits per heavy atom. The van der Waals surface area contributed by atoms with Crippen LogP contribution in [0.5, 0.6) is 0 Å². The molecule has 2 aromatic rings. The van der Waals surface area contributed by atoms with E-state index < -0.39 is 0 Å². The van der Waals surface area contributed by atoms with Crippen molar-refractivity contribution in [1.29, 1.82) is 5.41 Å². The van der Waals surface area contributed by atoms with Gasteiger partial charge in [-0.25, -0.2) is 0 Å². The molecule has 0 saturated carbocycles. The highest BCUT2D eigenvalue weighted by molar-refractivity contribution is 5.95. The number of methoxy groups -OCH3 is 1. The van der Waals surface area contributed by atoms with Gasteiger partial charge in [0, 0.05) is 49.8 Å². The first-order chi connectivity index (χ1) is 16.0. The van der Waals surface area contributed by atoms with Crippen molar-refractivity contribution in [1.82, 2.24) is 4.90 Å². The summed E-state index contributed by atoms with van der Waals surface area (Å²) in [5.74, 6) is -0.00257. The number of nitrogens with one attached hydrogen (secondary N) is 1. The molecule has 1 amide bonds. The number of nitrogen functional groups attached to an aromatic ring is 1. The molecule has 0 spiro atoms. The van der Waals surface area contributed by atoms with Crippen molar-refractivity contribution in [3.05, 3.63) is 65.7 Å². The first-order valence-electron chi connectivity index (χ1n) is 11.6. The number of carbonyl (C=O) groups is 2. The fraction of sp³-hybridized carbons (Fsp3) is 0.423. The smallest absolute Gasteiger partial charge is 0.305 e. The maximum absolute atomic E-state index is 13.4. The standard InChI is InChI=1S/C26H34N4O3.ClH/c1-33-24(31)8-5-16-30(17-13-20-6-3-2-4-7-20)26(32)22-14-18-29(19-15-22)23-11-9-21(10-12-23)25(27)28;/h2-4,6-7,9-12,22H,5,8,13-19H2,1H3,(H3,27,28);1H. The van der Waals surface area contributed by atoms with Crippen LogP contribution >= 0.6 is 12.4 Å². The number of ether oxygens (including phenoxy) is 1. The second-order valence-corrected chi connectivity index (χ2v) is 8.46. The molecule has 0 bridgehead atoms. The van der Waals surface area contributed by atoms with Gasteiger partial charge in [0.25, 0.3) is 0 Å². The molecule has 34 heavy (non-hydrogen) atoms. The molecule has 1 saturated heterocycles. The number of carbonyl (C=O) groups excluding carboxylic acids is 2. The quantitative estimate of drug-likeness (QED) is 0.303. The number of hydrogen-bond donors (Lipinski definition) is 2. The van der Waals surface area contributed by atoms with Gasteiger partial charge in [0.2, 0.25) is 5.91 Å². The average Bonchev–Trinajstić information content (AvgIpc) is 2.86. The fourth-order valence-corrected chi connectivity index (χ4v) is 4.25. The Bertz CT molecular complexity index is 929. The van der Waals surface area contributed by atoms with Gasteiger partial charge in [-0.3, -0.25) is 15.0 Å². The van der Waals surface area contributed by atoms with Gasteiger partial charge in [-0.2, -0.15) is 0 Å². The number of rotatable bonds is 10. The summed E-state index contributed by atoms with van der Waals surface area (Å²) in [7, 11) is 1.39. The Labute approximate surface area is 208 Å². The van der Waals surface area contributed by atoms with Crippen molar-refractivity contribution in [3.8, 4) is 0 Å². The van der Waals surface area contributed by atoms with E-state index in [9.17, 15) is 9.59 Å². The zero-order chi connectivity index (χ0) is 23.6.